The van der Waals surface area contributed by atoms with E-state index in [1.54, 1.807) is 6.92 Å². The second-order valence-corrected chi connectivity index (χ2v) is 10.6. The Kier molecular flexibility index (Phi) is 6.57. The molecule has 2 unspecified atom stereocenters. The van der Waals surface area contributed by atoms with E-state index >= 15 is 0 Å². The Labute approximate surface area is 169 Å². The van der Waals surface area contributed by atoms with Crippen LogP contribution in [0.25, 0.3) is 0 Å². The molecule has 9 heteroatoms. The number of hydrogen-bond donors (Lipinski definition) is 1. The monoisotopic (exact) mass is 432 g/mol. The first kappa shape index (κ1) is 22.1. The number of fused-ring (bicyclic) bond motifs is 2. The molecule has 0 saturated carbocycles. The van der Waals surface area contributed by atoms with E-state index in [0.29, 0.717) is 18.9 Å². The van der Waals surface area contributed by atoms with E-state index in [9.17, 15) is 26.4 Å². The van der Waals surface area contributed by atoms with Crippen LogP contribution in [0.1, 0.15) is 44.6 Å². The van der Waals surface area contributed by atoms with E-state index in [1.807, 2.05) is 4.90 Å². The molecule has 162 valence electrons. The Morgan fingerprint density at radius 2 is 1.72 bits per heavy atom. The predicted octanol–water partition coefficient (Wildman–Crippen LogP) is 2.57. The van der Waals surface area contributed by atoms with E-state index in [-0.39, 0.29) is 53.8 Å². The Morgan fingerprint density at radius 1 is 1.14 bits per heavy atom. The average Bonchev–Trinajstić information content (AvgIpc) is 2.93. The van der Waals surface area contributed by atoms with Gasteiger partial charge in [-0.2, -0.15) is 0 Å². The molecule has 29 heavy (non-hydrogen) atoms. The number of carbonyl (C=O) groups is 1. The van der Waals surface area contributed by atoms with Crippen molar-refractivity contribution in [3.05, 3.63) is 35.1 Å². The number of nitrogens with zero attached hydrogens (tertiary/aromatic N) is 1. The van der Waals surface area contributed by atoms with Crippen LogP contribution in [0.15, 0.2) is 12.1 Å². The van der Waals surface area contributed by atoms with Crippen LogP contribution in [0.4, 0.5) is 13.2 Å². The molecular formula is C20H27F3N2O3S. The summed E-state index contributed by atoms with van der Waals surface area (Å²) in [4.78, 5) is 14.4. The maximum absolute atomic E-state index is 13.9. The second-order valence-electron chi connectivity index (χ2n) is 8.13. The second kappa shape index (κ2) is 8.63. The van der Waals surface area contributed by atoms with Gasteiger partial charge in [0, 0.05) is 36.4 Å². The van der Waals surface area contributed by atoms with Crippen molar-refractivity contribution in [3.8, 4) is 0 Å². The molecule has 0 aromatic heterocycles. The molecule has 5 nitrogen and oxygen atoms in total. The molecule has 2 bridgehead atoms. The van der Waals surface area contributed by atoms with Crippen molar-refractivity contribution in [2.24, 2.45) is 11.7 Å². The number of carbonyl (C=O) groups excluding carboxylic acids is 1. The number of amides is 1. The Hall–Kier alpha value is -1.61. The van der Waals surface area contributed by atoms with Gasteiger partial charge in [0.25, 0.3) is 0 Å². The zero-order valence-corrected chi connectivity index (χ0v) is 17.2. The highest BCUT2D eigenvalue weighted by atomic mass is 32.2. The normalized spacial score (nSPS) is 25.3. The Balaban J connectivity index is 1.62. The van der Waals surface area contributed by atoms with Crippen LogP contribution in [-0.4, -0.2) is 48.9 Å². The fourth-order valence-electron chi connectivity index (χ4n) is 4.63. The van der Waals surface area contributed by atoms with Gasteiger partial charge in [-0.15, -0.1) is 0 Å². The summed E-state index contributed by atoms with van der Waals surface area (Å²) in [6, 6.07) is 0.946. The van der Waals surface area contributed by atoms with Crippen molar-refractivity contribution >= 4 is 15.7 Å². The van der Waals surface area contributed by atoms with Crippen LogP contribution in [-0.2, 0) is 21.1 Å². The number of rotatable bonds is 7. The van der Waals surface area contributed by atoms with E-state index < -0.39 is 33.3 Å². The van der Waals surface area contributed by atoms with Crippen molar-refractivity contribution < 1.29 is 26.4 Å². The molecule has 4 atom stereocenters. The van der Waals surface area contributed by atoms with Crippen LogP contribution in [0, 0.1) is 23.4 Å². The summed E-state index contributed by atoms with van der Waals surface area (Å²) < 4.78 is 63.9. The lowest BCUT2D eigenvalue weighted by atomic mass is 9.82. The maximum Gasteiger partial charge on any atom is 0.224 e. The van der Waals surface area contributed by atoms with Crippen molar-refractivity contribution in [2.75, 3.05) is 11.5 Å². The first-order chi connectivity index (χ1) is 13.6. The first-order valence-corrected chi connectivity index (χ1v) is 11.8. The molecule has 1 aromatic rings. The third kappa shape index (κ3) is 4.94. The molecule has 2 heterocycles. The molecular weight excluding hydrogens is 405 g/mol. The Morgan fingerprint density at radius 3 is 2.31 bits per heavy atom. The minimum absolute atomic E-state index is 0.00330. The summed E-state index contributed by atoms with van der Waals surface area (Å²) in [6.45, 7) is 1.56. The minimum Gasteiger partial charge on any atom is -0.337 e. The minimum atomic E-state index is -3.20. The molecule has 0 radical (unpaired) electrons. The van der Waals surface area contributed by atoms with Gasteiger partial charge < -0.3 is 10.6 Å². The van der Waals surface area contributed by atoms with Crippen LogP contribution in [0.5, 0.6) is 0 Å². The molecule has 2 aliphatic rings. The molecule has 2 aliphatic heterocycles. The fraction of sp³-hybridized carbons (Fsp3) is 0.650. The first-order valence-electron chi connectivity index (χ1n) is 10.0. The lowest BCUT2D eigenvalue weighted by Gasteiger charge is -2.41. The van der Waals surface area contributed by atoms with Crippen LogP contribution >= 0.6 is 0 Å². The highest BCUT2D eigenvalue weighted by Gasteiger charge is 2.44. The standard InChI is InChI=1S/C20H27F3N2O3S/c1-2-29(27,28)6-5-20(26)25-14-3-4-15(25)8-13(7-14)19(24)10-12-9-17(22)18(23)11-16(12)21/h9,11,13-15,19H,2-8,10,24H2,1H3/t13?,14-,15+,19?. The smallest absolute Gasteiger partial charge is 0.224 e. The van der Waals surface area contributed by atoms with Crippen LogP contribution in [0.2, 0.25) is 0 Å². The van der Waals surface area contributed by atoms with E-state index in [0.717, 1.165) is 18.9 Å². The molecule has 1 amide bonds. The lowest BCUT2D eigenvalue weighted by molar-refractivity contribution is -0.136. The highest BCUT2D eigenvalue weighted by molar-refractivity contribution is 7.91. The van der Waals surface area contributed by atoms with Gasteiger partial charge in [-0.3, -0.25) is 4.79 Å². The van der Waals surface area contributed by atoms with Crippen molar-refractivity contribution in [2.45, 2.75) is 63.6 Å². The molecule has 2 fully saturated rings. The summed E-state index contributed by atoms with van der Waals surface area (Å²) in [5, 5.41) is 0. The molecule has 1 aromatic carbocycles. The van der Waals surface area contributed by atoms with E-state index in [1.165, 1.54) is 0 Å². The van der Waals surface area contributed by atoms with Crippen LogP contribution < -0.4 is 5.73 Å². The SMILES string of the molecule is CCS(=O)(=O)CCC(=O)N1[C@@H]2CC[C@H]1CC(C(N)Cc1cc(F)c(F)cc1F)C2. The summed E-state index contributed by atoms with van der Waals surface area (Å²) in [6.07, 6.45) is 3.04. The topological polar surface area (TPSA) is 80.5 Å². The molecule has 0 aliphatic carbocycles. The van der Waals surface area contributed by atoms with Crippen LogP contribution in [0.3, 0.4) is 0 Å². The third-order valence-electron chi connectivity index (χ3n) is 6.27. The molecule has 2 N–H and O–H groups in total. The van der Waals surface area contributed by atoms with Gasteiger partial charge in [0.05, 0.1) is 5.75 Å². The largest absolute Gasteiger partial charge is 0.337 e. The van der Waals surface area contributed by atoms with E-state index in [4.69, 9.17) is 5.73 Å². The number of halogens is 3. The fourth-order valence-corrected chi connectivity index (χ4v) is 5.41. The summed E-state index contributed by atoms with van der Waals surface area (Å²) in [7, 11) is -3.20. The zero-order valence-electron chi connectivity index (χ0n) is 16.4. The number of benzene rings is 1. The average molecular weight is 433 g/mol. The van der Waals surface area contributed by atoms with Gasteiger partial charge in [-0.25, -0.2) is 21.6 Å². The van der Waals surface area contributed by atoms with E-state index in [2.05, 4.69) is 0 Å². The van der Waals surface area contributed by atoms with Gasteiger partial charge in [-0.1, -0.05) is 6.92 Å². The number of nitrogens with two attached hydrogens (primary N) is 1. The quantitative estimate of drug-likeness (QED) is 0.672. The number of sulfone groups is 1. The lowest BCUT2D eigenvalue weighted by Crippen LogP contribution is -2.50. The summed E-state index contributed by atoms with van der Waals surface area (Å²) in [5.74, 6) is -3.38. The molecule has 3 rings (SSSR count). The van der Waals surface area contributed by atoms with Gasteiger partial charge in [0.15, 0.2) is 21.5 Å². The van der Waals surface area contributed by atoms with Gasteiger partial charge in [0.1, 0.15) is 5.82 Å². The molecule has 0 spiro atoms. The summed E-state index contributed by atoms with van der Waals surface area (Å²) in [5.41, 5.74) is 6.33. The van der Waals surface area contributed by atoms with Gasteiger partial charge >= 0.3 is 0 Å². The van der Waals surface area contributed by atoms with Crippen molar-refractivity contribution in [1.29, 1.82) is 0 Å². The summed E-state index contributed by atoms with van der Waals surface area (Å²) >= 11 is 0. The Bertz CT molecular complexity index is 864. The number of piperidine rings is 1. The van der Waals surface area contributed by atoms with Gasteiger partial charge in [0.2, 0.25) is 5.91 Å². The third-order valence-corrected chi connectivity index (χ3v) is 7.98. The number of hydrogen-bond acceptors (Lipinski definition) is 4. The highest BCUT2D eigenvalue weighted by Crippen LogP contribution is 2.40. The molecule has 2 saturated heterocycles. The van der Waals surface area contributed by atoms with Gasteiger partial charge in [-0.05, 0) is 49.7 Å². The zero-order chi connectivity index (χ0) is 21.3. The maximum atomic E-state index is 13.9. The predicted molar refractivity (Wildman–Crippen MR) is 103 cm³/mol. The van der Waals surface area contributed by atoms with Crippen molar-refractivity contribution in [3.63, 3.8) is 0 Å². The van der Waals surface area contributed by atoms with Crippen molar-refractivity contribution in [1.82, 2.24) is 4.90 Å².